The number of imidazole rings is 1. The summed E-state index contributed by atoms with van der Waals surface area (Å²) in [5.41, 5.74) is 5.47. The maximum Gasteiger partial charge on any atom is 0.135 e. The number of nitrogens with one attached hydrogen (secondary N) is 2. The van der Waals surface area contributed by atoms with Gasteiger partial charge < -0.3 is 24.7 Å². The molecule has 0 amide bonds. The number of pyridine rings is 1. The van der Waals surface area contributed by atoms with Gasteiger partial charge in [-0.15, -0.1) is 0 Å². The number of H-pyrrole nitrogens is 1. The van der Waals surface area contributed by atoms with Crippen LogP contribution in [0.1, 0.15) is 29.3 Å². The highest BCUT2D eigenvalue weighted by atomic mass is 16.5. The lowest BCUT2D eigenvalue weighted by Gasteiger charge is -2.25. The van der Waals surface area contributed by atoms with E-state index in [2.05, 4.69) is 44.5 Å². The fourth-order valence-corrected chi connectivity index (χ4v) is 4.66. The molecule has 7 nitrogen and oxygen atoms in total. The summed E-state index contributed by atoms with van der Waals surface area (Å²) in [6.45, 7) is 1.57. The van der Waals surface area contributed by atoms with Crippen molar-refractivity contribution in [2.45, 2.75) is 25.2 Å². The van der Waals surface area contributed by atoms with Crippen LogP contribution < -0.4 is 19.7 Å². The molecule has 4 heterocycles. The number of hydrogen-bond donors (Lipinski definition) is 2. The molecule has 2 N–H and O–H groups in total. The number of ether oxygens (including phenoxy) is 2. The van der Waals surface area contributed by atoms with Crippen molar-refractivity contribution in [1.29, 1.82) is 0 Å². The molecule has 0 bridgehead atoms. The normalized spacial score (nSPS) is 17.0. The van der Waals surface area contributed by atoms with Crippen LogP contribution in [0.5, 0.6) is 17.2 Å². The summed E-state index contributed by atoms with van der Waals surface area (Å²) in [4.78, 5) is 14.9. The van der Waals surface area contributed by atoms with Crippen LogP contribution in [-0.2, 0) is 12.8 Å². The second-order valence-corrected chi connectivity index (χ2v) is 8.97. The second kappa shape index (κ2) is 7.99. The Hall–Kier alpha value is -3.74. The molecule has 0 spiro atoms. The van der Waals surface area contributed by atoms with Crippen LogP contribution in [0.4, 0.5) is 11.5 Å². The molecule has 0 fully saturated rings. The summed E-state index contributed by atoms with van der Waals surface area (Å²) in [6, 6.07) is 14.3. The van der Waals surface area contributed by atoms with Gasteiger partial charge in [0.1, 0.15) is 28.9 Å². The number of hydrogen-bond acceptors (Lipinski definition) is 6. The van der Waals surface area contributed by atoms with Gasteiger partial charge in [-0.3, -0.25) is 0 Å². The monoisotopic (exact) mass is 441 g/mol. The summed E-state index contributed by atoms with van der Waals surface area (Å²) in [5.74, 6) is 4.67. The van der Waals surface area contributed by atoms with Crippen molar-refractivity contribution in [3.8, 4) is 17.2 Å². The minimum absolute atomic E-state index is 0.167. The van der Waals surface area contributed by atoms with Crippen LogP contribution in [0.15, 0.2) is 48.7 Å². The molecule has 0 aliphatic carbocycles. The molecule has 0 radical (unpaired) electrons. The number of fused-ring (bicyclic) bond motifs is 3. The molecular formula is C26H27N5O2. The Morgan fingerprint density at radius 1 is 1.12 bits per heavy atom. The molecular weight excluding hydrogens is 414 g/mol. The quantitative estimate of drug-likeness (QED) is 0.470. The molecule has 1 atom stereocenters. The topological polar surface area (TPSA) is 75.3 Å². The highest BCUT2D eigenvalue weighted by molar-refractivity contribution is 5.79. The van der Waals surface area contributed by atoms with Gasteiger partial charge in [0.25, 0.3) is 0 Å². The molecule has 6 rings (SSSR count). The molecule has 0 saturated heterocycles. The van der Waals surface area contributed by atoms with Gasteiger partial charge in [-0.25, -0.2) is 9.97 Å². The van der Waals surface area contributed by atoms with Crippen molar-refractivity contribution in [2.75, 3.05) is 37.5 Å². The maximum atomic E-state index is 6.30. The molecule has 4 aromatic rings. The maximum absolute atomic E-state index is 6.30. The van der Waals surface area contributed by atoms with Crippen molar-refractivity contribution in [3.63, 3.8) is 0 Å². The number of nitrogens with zero attached hydrogens (tertiary/aromatic N) is 3. The molecule has 7 heteroatoms. The van der Waals surface area contributed by atoms with Crippen molar-refractivity contribution in [1.82, 2.24) is 15.0 Å². The lowest BCUT2D eigenvalue weighted by atomic mass is 9.96. The third-order valence-electron chi connectivity index (χ3n) is 6.46. The van der Waals surface area contributed by atoms with Gasteiger partial charge in [-0.2, -0.15) is 0 Å². The van der Waals surface area contributed by atoms with E-state index in [4.69, 9.17) is 14.5 Å². The van der Waals surface area contributed by atoms with Crippen LogP contribution >= 0.6 is 0 Å². The number of aromatic nitrogens is 3. The molecule has 168 valence electrons. The third-order valence-corrected chi connectivity index (χ3v) is 6.46. The number of aromatic amines is 1. The summed E-state index contributed by atoms with van der Waals surface area (Å²) in [6.07, 6.45) is 4.71. The van der Waals surface area contributed by atoms with Crippen molar-refractivity contribution in [2.24, 2.45) is 0 Å². The van der Waals surface area contributed by atoms with Crippen LogP contribution in [0.3, 0.4) is 0 Å². The fourth-order valence-electron chi connectivity index (χ4n) is 4.66. The Kier molecular flexibility index (Phi) is 4.82. The zero-order chi connectivity index (χ0) is 22.4. The molecule has 2 aromatic heterocycles. The number of anilines is 2. The Morgan fingerprint density at radius 3 is 2.97 bits per heavy atom. The highest BCUT2D eigenvalue weighted by Crippen LogP contribution is 2.37. The lowest BCUT2D eigenvalue weighted by molar-refractivity contribution is 0.258. The van der Waals surface area contributed by atoms with E-state index in [9.17, 15) is 0 Å². The van der Waals surface area contributed by atoms with Gasteiger partial charge >= 0.3 is 0 Å². The van der Waals surface area contributed by atoms with Crippen LogP contribution in [0.25, 0.3) is 11.0 Å². The van der Waals surface area contributed by atoms with Gasteiger partial charge in [-0.05, 0) is 67.3 Å². The van der Waals surface area contributed by atoms with Crippen molar-refractivity contribution < 1.29 is 9.47 Å². The van der Waals surface area contributed by atoms with Gasteiger partial charge in [0, 0.05) is 38.1 Å². The van der Waals surface area contributed by atoms with E-state index in [1.807, 2.05) is 32.3 Å². The summed E-state index contributed by atoms with van der Waals surface area (Å²) < 4.78 is 12.4. The summed E-state index contributed by atoms with van der Waals surface area (Å²) in [5, 5.41) is 3.36. The average Bonchev–Trinajstić information content (AvgIpc) is 3.27. The van der Waals surface area contributed by atoms with Crippen LogP contribution in [0.2, 0.25) is 0 Å². The minimum atomic E-state index is 0.167. The smallest absolute Gasteiger partial charge is 0.135 e. The summed E-state index contributed by atoms with van der Waals surface area (Å²) in [7, 11) is 4.09. The van der Waals surface area contributed by atoms with E-state index in [0.717, 1.165) is 82.5 Å². The van der Waals surface area contributed by atoms with Gasteiger partial charge in [-0.1, -0.05) is 0 Å². The molecule has 2 aromatic carbocycles. The van der Waals surface area contributed by atoms with Crippen molar-refractivity contribution in [3.05, 3.63) is 65.6 Å². The predicted molar refractivity (Wildman–Crippen MR) is 130 cm³/mol. The third kappa shape index (κ3) is 3.73. The zero-order valence-electron chi connectivity index (χ0n) is 18.9. The first-order valence-corrected chi connectivity index (χ1v) is 11.5. The number of rotatable bonds is 4. The average molecular weight is 442 g/mol. The Balaban J connectivity index is 1.25. The minimum Gasteiger partial charge on any atom is -0.493 e. The lowest BCUT2D eigenvalue weighted by Crippen LogP contribution is -2.20. The zero-order valence-corrected chi connectivity index (χ0v) is 18.9. The van der Waals surface area contributed by atoms with E-state index in [0.29, 0.717) is 6.61 Å². The number of benzene rings is 2. The second-order valence-electron chi connectivity index (χ2n) is 8.97. The van der Waals surface area contributed by atoms with E-state index in [1.165, 1.54) is 0 Å². The molecule has 1 unspecified atom stereocenters. The first-order valence-electron chi connectivity index (χ1n) is 11.5. The van der Waals surface area contributed by atoms with Crippen LogP contribution in [-0.4, -0.2) is 42.2 Å². The highest BCUT2D eigenvalue weighted by Gasteiger charge is 2.25. The SMILES string of the molecule is CN(C)c1ccc2nc(C3COc4ccc(Oc5ccnc6c5CCCN6)cc4C3)[nH]c2c1. The summed E-state index contributed by atoms with van der Waals surface area (Å²) >= 11 is 0. The molecule has 33 heavy (non-hydrogen) atoms. The first-order chi connectivity index (χ1) is 16.1. The Bertz CT molecular complexity index is 1330. The van der Waals surface area contributed by atoms with E-state index in [1.54, 1.807) is 6.20 Å². The molecule has 2 aliphatic rings. The van der Waals surface area contributed by atoms with Gasteiger partial charge in [0.15, 0.2) is 0 Å². The molecule has 0 saturated carbocycles. The predicted octanol–water partition coefficient (Wildman–Crippen LogP) is 4.89. The fraction of sp³-hybridized carbons (Fsp3) is 0.308. The standard InChI is InChI=1S/C26H27N5O2/c1-31(2)18-5-7-21-22(14-18)30-25(29-21)17-12-16-13-19(6-8-23(16)32-15-17)33-24-9-11-28-26-20(24)4-3-10-27-26/h5-9,11,13-14,17H,3-4,10,12,15H2,1-2H3,(H,27,28)(H,29,30). The van der Waals surface area contributed by atoms with Gasteiger partial charge in [0.2, 0.25) is 0 Å². The molecule has 2 aliphatic heterocycles. The van der Waals surface area contributed by atoms with E-state index >= 15 is 0 Å². The van der Waals surface area contributed by atoms with Gasteiger partial charge in [0.05, 0.1) is 23.6 Å². The van der Waals surface area contributed by atoms with E-state index < -0.39 is 0 Å². The first kappa shape index (κ1) is 19.9. The van der Waals surface area contributed by atoms with Crippen molar-refractivity contribution >= 4 is 22.5 Å². The van der Waals surface area contributed by atoms with E-state index in [-0.39, 0.29) is 5.92 Å². The Morgan fingerprint density at radius 2 is 2.06 bits per heavy atom. The Labute approximate surface area is 192 Å². The van der Waals surface area contributed by atoms with Crippen LogP contribution in [0, 0.1) is 0 Å². The largest absolute Gasteiger partial charge is 0.493 e.